The number of amides is 2. The van der Waals surface area contributed by atoms with Crippen molar-refractivity contribution in [3.63, 3.8) is 0 Å². The van der Waals surface area contributed by atoms with Crippen LogP contribution in [-0.2, 0) is 4.79 Å². The average Bonchev–Trinajstić information content (AvgIpc) is 2.60. The Morgan fingerprint density at radius 2 is 1.92 bits per heavy atom. The fourth-order valence-electron chi connectivity index (χ4n) is 2.92. The summed E-state index contributed by atoms with van der Waals surface area (Å²) in [7, 11) is 0. The average molecular weight is 343 g/mol. The lowest BCUT2D eigenvalue weighted by molar-refractivity contribution is -0.145. The van der Waals surface area contributed by atoms with E-state index in [2.05, 4.69) is 0 Å². The second kappa shape index (κ2) is 6.52. The lowest BCUT2D eigenvalue weighted by Crippen LogP contribution is -2.37. The van der Waals surface area contributed by atoms with E-state index in [9.17, 15) is 24.7 Å². The van der Waals surface area contributed by atoms with Gasteiger partial charge in [0, 0.05) is 5.39 Å². The summed E-state index contributed by atoms with van der Waals surface area (Å²) in [5.41, 5.74) is 0.312. The van der Waals surface area contributed by atoms with Crippen LogP contribution in [0.25, 0.3) is 10.8 Å². The normalized spacial score (nSPS) is 14.7. The summed E-state index contributed by atoms with van der Waals surface area (Å²) in [6.07, 6.45) is 0.842. The van der Waals surface area contributed by atoms with Crippen LogP contribution in [0.5, 0.6) is 5.75 Å². The minimum atomic E-state index is -1.08. The number of unbranched alkanes of at least 4 members (excludes halogenated alkanes) is 1. The van der Waals surface area contributed by atoms with Gasteiger partial charge in [0.1, 0.15) is 5.75 Å². The first-order valence-corrected chi connectivity index (χ1v) is 7.98. The number of imide groups is 1. The summed E-state index contributed by atoms with van der Waals surface area (Å²) in [4.78, 5) is 35.6. The number of hydroxylamine groups is 2. The Labute approximate surface area is 143 Å². The Morgan fingerprint density at radius 1 is 1.20 bits per heavy atom. The molecule has 1 heterocycles. The van der Waals surface area contributed by atoms with Crippen molar-refractivity contribution in [2.75, 3.05) is 0 Å². The molecular formula is C18H17NO6. The molecule has 2 aromatic rings. The van der Waals surface area contributed by atoms with Gasteiger partial charge in [-0.05, 0) is 36.4 Å². The van der Waals surface area contributed by atoms with E-state index in [1.54, 1.807) is 18.2 Å². The number of ether oxygens (including phenoxy) is 1. The lowest BCUT2D eigenvalue weighted by atomic mass is 9.94. The molecule has 1 unspecified atom stereocenters. The van der Waals surface area contributed by atoms with E-state index in [1.807, 2.05) is 6.92 Å². The van der Waals surface area contributed by atoms with Crippen molar-refractivity contribution in [2.24, 2.45) is 0 Å². The topological polar surface area (TPSA) is 104 Å². The molecule has 2 amide bonds. The van der Waals surface area contributed by atoms with E-state index in [0.717, 1.165) is 6.42 Å². The van der Waals surface area contributed by atoms with E-state index in [4.69, 9.17) is 4.74 Å². The van der Waals surface area contributed by atoms with Crippen LogP contribution in [0, 0.1) is 0 Å². The standard InChI is InChI=1S/C18H17NO6/c1-2-3-7-14(18(22)23)25-11-8-10-5-4-6-12-15(10)13(9-11)17(21)19(24)16(12)20/h4-6,8-9,14,24H,2-3,7H2,1H3,(H,22,23). The molecule has 0 radical (unpaired) electrons. The van der Waals surface area contributed by atoms with Gasteiger partial charge in [0.25, 0.3) is 11.8 Å². The Kier molecular flexibility index (Phi) is 4.41. The monoisotopic (exact) mass is 343 g/mol. The first kappa shape index (κ1) is 16.9. The third kappa shape index (κ3) is 2.94. The van der Waals surface area contributed by atoms with Gasteiger partial charge in [-0.1, -0.05) is 25.5 Å². The molecule has 25 heavy (non-hydrogen) atoms. The number of carbonyl (C=O) groups excluding carboxylic acids is 2. The van der Waals surface area contributed by atoms with Crippen molar-refractivity contribution in [1.29, 1.82) is 0 Å². The highest BCUT2D eigenvalue weighted by atomic mass is 16.5. The molecule has 7 nitrogen and oxygen atoms in total. The quantitative estimate of drug-likeness (QED) is 0.617. The highest BCUT2D eigenvalue weighted by Crippen LogP contribution is 2.33. The minimum Gasteiger partial charge on any atom is -0.479 e. The molecule has 2 N–H and O–H groups in total. The number of benzene rings is 2. The summed E-state index contributed by atoms with van der Waals surface area (Å²) >= 11 is 0. The number of aliphatic carboxylic acids is 1. The Bertz CT molecular complexity index is 875. The predicted molar refractivity (Wildman–Crippen MR) is 87.8 cm³/mol. The van der Waals surface area contributed by atoms with Gasteiger partial charge in [-0.2, -0.15) is 0 Å². The molecule has 130 valence electrons. The van der Waals surface area contributed by atoms with Gasteiger partial charge < -0.3 is 9.84 Å². The number of carboxylic acid groups (broad SMARTS) is 1. The molecule has 0 aliphatic carbocycles. The molecule has 1 aliphatic heterocycles. The van der Waals surface area contributed by atoms with E-state index in [0.29, 0.717) is 23.6 Å². The first-order valence-electron chi connectivity index (χ1n) is 7.98. The van der Waals surface area contributed by atoms with Crippen LogP contribution in [-0.4, -0.2) is 39.3 Å². The van der Waals surface area contributed by atoms with Crippen LogP contribution >= 0.6 is 0 Å². The van der Waals surface area contributed by atoms with Gasteiger partial charge >= 0.3 is 5.97 Å². The molecule has 0 spiro atoms. The molecule has 0 saturated heterocycles. The third-order valence-electron chi connectivity index (χ3n) is 4.17. The SMILES string of the molecule is CCCCC(Oc1cc2c3c(cccc3c1)C(=O)N(O)C2=O)C(=O)O. The summed E-state index contributed by atoms with van der Waals surface area (Å²) in [6, 6.07) is 7.80. The second-order valence-electron chi connectivity index (χ2n) is 5.88. The molecule has 2 aromatic carbocycles. The zero-order chi connectivity index (χ0) is 18.1. The van der Waals surface area contributed by atoms with E-state index in [-0.39, 0.29) is 21.9 Å². The van der Waals surface area contributed by atoms with Gasteiger partial charge in [0.15, 0.2) is 6.10 Å². The maximum atomic E-state index is 12.2. The summed E-state index contributed by atoms with van der Waals surface area (Å²) in [6.45, 7) is 1.95. The lowest BCUT2D eigenvalue weighted by Gasteiger charge is -2.23. The van der Waals surface area contributed by atoms with Crippen LogP contribution in [0.1, 0.15) is 46.9 Å². The number of hydrogen-bond acceptors (Lipinski definition) is 5. The molecule has 0 bridgehead atoms. The Hall–Kier alpha value is -2.93. The highest BCUT2D eigenvalue weighted by molar-refractivity contribution is 6.24. The van der Waals surface area contributed by atoms with Gasteiger partial charge in [-0.3, -0.25) is 14.8 Å². The maximum absolute atomic E-state index is 12.2. The number of rotatable bonds is 6. The number of nitrogens with zero attached hydrogens (tertiary/aromatic N) is 1. The Morgan fingerprint density at radius 3 is 2.60 bits per heavy atom. The van der Waals surface area contributed by atoms with Crippen LogP contribution < -0.4 is 4.74 Å². The molecule has 0 aromatic heterocycles. The predicted octanol–water partition coefficient (Wildman–Crippen LogP) is 2.85. The third-order valence-corrected chi connectivity index (χ3v) is 4.17. The number of hydrogen-bond donors (Lipinski definition) is 2. The summed E-state index contributed by atoms with van der Waals surface area (Å²) in [5.74, 6) is -2.52. The van der Waals surface area contributed by atoms with Crippen molar-refractivity contribution >= 4 is 28.6 Å². The van der Waals surface area contributed by atoms with Crippen LogP contribution in [0.15, 0.2) is 30.3 Å². The van der Waals surface area contributed by atoms with Gasteiger partial charge in [-0.15, -0.1) is 5.06 Å². The fourth-order valence-corrected chi connectivity index (χ4v) is 2.92. The van der Waals surface area contributed by atoms with Crippen molar-refractivity contribution in [3.8, 4) is 5.75 Å². The number of carbonyl (C=O) groups is 3. The van der Waals surface area contributed by atoms with Crippen molar-refractivity contribution in [2.45, 2.75) is 32.3 Å². The van der Waals surface area contributed by atoms with E-state index >= 15 is 0 Å². The fraction of sp³-hybridized carbons (Fsp3) is 0.278. The zero-order valence-electron chi connectivity index (χ0n) is 13.6. The molecule has 1 atom stereocenters. The molecule has 0 saturated carbocycles. The summed E-state index contributed by atoms with van der Waals surface area (Å²) < 4.78 is 5.57. The first-order chi connectivity index (χ1) is 11.9. The van der Waals surface area contributed by atoms with Crippen molar-refractivity contribution in [1.82, 2.24) is 5.06 Å². The van der Waals surface area contributed by atoms with Crippen LogP contribution in [0.3, 0.4) is 0 Å². The zero-order valence-corrected chi connectivity index (χ0v) is 13.6. The van der Waals surface area contributed by atoms with E-state index in [1.165, 1.54) is 12.1 Å². The number of carboxylic acids is 1. The van der Waals surface area contributed by atoms with E-state index < -0.39 is 23.9 Å². The molecule has 1 aliphatic rings. The van der Waals surface area contributed by atoms with Crippen molar-refractivity contribution < 1.29 is 29.4 Å². The van der Waals surface area contributed by atoms with Crippen molar-refractivity contribution in [3.05, 3.63) is 41.5 Å². The molecule has 7 heteroatoms. The smallest absolute Gasteiger partial charge is 0.344 e. The molecular weight excluding hydrogens is 326 g/mol. The van der Waals surface area contributed by atoms with Gasteiger partial charge in [-0.25, -0.2) is 4.79 Å². The van der Waals surface area contributed by atoms with Gasteiger partial charge in [0.05, 0.1) is 11.1 Å². The Balaban J connectivity index is 2.07. The second-order valence-corrected chi connectivity index (χ2v) is 5.88. The van der Waals surface area contributed by atoms with Crippen LogP contribution in [0.2, 0.25) is 0 Å². The van der Waals surface area contributed by atoms with Crippen LogP contribution in [0.4, 0.5) is 0 Å². The maximum Gasteiger partial charge on any atom is 0.344 e. The minimum absolute atomic E-state index is 0.0622. The molecule has 3 rings (SSSR count). The highest BCUT2D eigenvalue weighted by Gasteiger charge is 2.33. The van der Waals surface area contributed by atoms with Gasteiger partial charge in [0.2, 0.25) is 0 Å². The molecule has 0 fully saturated rings. The summed E-state index contributed by atoms with van der Waals surface area (Å²) in [5, 5.41) is 20.1. The largest absolute Gasteiger partial charge is 0.479 e.